The molecule has 2 rings (SSSR count). The van der Waals surface area contributed by atoms with Crippen molar-refractivity contribution >= 4 is 12.0 Å². The van der Waals surface area contributed by atoms with E-state index in [1.165, 1.54) is 0 Å². The Bertz CT molecular complexity index is 361. The van der Waals surface area contributed by atoms with E-state index in [0.29, 0.717) is 19.1 Å². The van der Waals surface area contributed by atoms with Crippen LogP contribution in [0.15, 0.2) is 0 Å². The second-order valence-corrected chi connectivity index (χ2v) is 5.30. The molecule has 4 unspecified atom stereocenters. The molecular weight excluding hydrogens is 248 g/mol. The molecule has 0 spiro atoms. The average Bonchev–Trinajstić information content (AvgIpc) is 2.93. The van der Waals surface area contributed by atoms with Crippen molar-refractivity contribution in [3.05, 3.63) is 0 Å². The van der Waals surface area contributed by atoms with Gasteiger partial charge in [0.05, 0.1) is 19.3 Å². The Balaban J connectivity index is 1.95. The zero-order valence-electron chi connectivity index (χ0n) is 11.5. The summed E-state index contributed by atoms with van der Waals surface area (Å²) in [5, 5.41) is 12.1. The van der Waals surface area contributed by atoms with E-state index in [4.69, 9.17) is 9.84 Å². The molecule has 2 amide bonds. The first-order valence-electron chi connectivity index (χ1n) is 6.96. The Morgan fingerprint density at radius 2 is 2.11 bits per heavy atom. The van der Waals surface area contributed by atoms with Gasteiger partial charge in [-0.05, 0) is 19.3 Å². The van der Waals surface area contributed by atoms with Gasteiger partial charge in [-0.25, -0.2) is 4.79 Å². The maximum Gasteiger partial charge on any atom is 0.317 e. The second kappa shape index (κ2) is 5.77. The molecular formula is C13H22N2O4. The number of carbonyl (C=O) groups is 2. The van der Waals surface area contributed by atoms with Crippen molar-refractivity contribution in [2.75, 3.05) is 19.8 Å². The van der Waals surface area contributed by atoms with Crippen LogP contribution in [-0.4, -0.2) is 53.8 Å². The van der Waals surface area contributed by atoms with Crippen LogP contribution in [-0.2, 0) is 9.53 Å². The number of carboxylic acids is 1. The molecule has 0 aromatic carbocycles. The SMILES string of the molecule is CCC1CC1NC(=O)N(CC)C1COCC1C(=O)O. The fourth-order valence-electron chi connectivity index (χ4n) is 2.73. The molecule has 0 radical (unpaired) electrons. The number of nitrogens with zero attached hydrogens (tertiary/aromatic N) is 1. The summed E-state index contributed by atoms with van der Waals surface area (Å²) in [5.41, 5.74) is 0. The largest absolute Gasteiger partial charge is 0.481 e. The molecule has 1 aliphatic heterocycles. The molecule has 2 aliphatic rings. The fraction of sp³-hybridized carbons (Fsp3) is 0.846. The van der Waals surface area contributed by atoms with Gasteiger partial charge in [-0.2, -0.15) is 0 Å². The highest BCUT2D eigenvalue weighted by molar-refractivity contribution is 5.77. The van der Waals surface area contributed by atoms with E-state index in [1.54, 1.807) is 4.90 Å². The minimum atomic E-state index is -0.897. The van der Waals surface area contributed by atoms with E-state index in [1.807, 2.05) is 6.92 Å². The Labute approximate surface area is 113 Å². The molecule has 19 heavy (non-hydrogen) atoms. The van der Waals surface area contributed by atoms with Gasteiger partial charge in [-0.3, -0.25) is 4.79 Å². The topological polar surface area (TPSA) is 78.9 Å². The first-order chi connectivity index (χ1) is 9.08. The molecule has 1 heterocycles. The monoisotopic (exact) mass is 270 g/mol. The van der Waals surface area contributed by atoms with Crippen molar-refractivity contribution in [1.82, 2.24) is 10.2 Å². The molecule has 6 heteroatoms. The third-order valence-corrected chi connectivity index (χ3v) is 4.13. The van der Waals surface area contributed by atoms with Gasteiger partial charge in [0, 0.05) is 12.6 Å². The predicted octanol–water partition coefficient (Wildman–Crippen LogP) is 0.916. The summed E-state index contributed by atoms with van der Waals surface area (Å²) in [6.45, 7) is 4.96. The van der Waals surface area contributed by atoms with Gasteiger partial charge in [0.15, 0.2) is 0 Å². The summed E-state index contributed by atoms with van der Waals surface area (Å²) in [5.74, 6) is -0.934. The normalized spacial score (nSPS) is 32.9. The molecule has 0 aromatic heterocycles. The lowest BCUT2D eigenvalue weighted by atomic mass is 10.0. The Kier molecular flexibility index (Phi) is 4.29. The van der Waals surface area contributed by atoms with Crippen molar-refractivity contribution in [3.63, 3.8) is 0 Å². The molecule has 2 fully saturated rings. The number of urea groups is 1. The summed E-state index contributed by atoms with van der Waals surface area (Å²) in [7, 11) is 0. The molecule has 1 saturated heterocycles. The van der Waals surface area contributed by atoms with Crippen molar-refractivity contribution in [3.8, 4) is 0 Å². The fourth-order valence-corrected chi connectivity index (χ4v) is 2.73. The summed E-state index contributed by atoms with van der Waals surface area (Å²) in [4.78, 5) is 25.0. The number of ether oxygens (including phenoxy) is 1. The van der Waals surface area contributed by atoms with Crippen LogP contribution in [0.1, 0.15) is 26.7 Å². The van der Waals surface area contributed by atoms with Crippen LogP contribution in [0.3, 0.4) is 0 Å². The highest BCUT2D eigenvalue weighted by Gasteiger charge is 2.42. The minimum absolute atomic E-state index is 0.162. The van der Waals surface area contributed by atoms with Crippen molar-refractivity contribution < 1.29 is 19.4 Å². The van der Waals surface area contributed by atoms with E-state index < -0.39 is 11.9 Å². The highest BCUT2D eigenvalue weighted by atomic mass is 16.5. The van der Waals surface area contributed by atoms with Crippen LogP contribution in [0.5, 0.6) is 0 Å². The first-order valence-corrected chi connectivity index (χ1v) is 6.96. The van der Waals surface area contributed by atoms with Gasteiger partial charge in [0.2, 0.25) is 0 Å². The van der Waals surface area contributed by atoms with Crippen LogP contribution in [0.4, 0.5) is 4.79 Å². The summed E-state index contributed by atoms with van der Waals surface area (Å²) in [6.07, 6.45) is 2.10. The standard InChI is InChI=1S/C13H22N2O4/c1-3-8-5-10(8)14-13(18)15(4-2)11-7-19-6-9(11)12(16)17/h8-11H,3-7H2,1-2H3,(H,14,18)(H,16,17). The van der Waals surface area contributed by atoms with Crippen LogP contribution in [0, 0.1) is 11.8 Å². The Morgan fingerprint density at radius 1 is 1.37 bits per heavy atom. The third kappa shape index (κ3) is 3.00. The van der Waals surface area contributed by atoms with E-state index in [9.17, 15) is 9.59 Å². The number of likely N-dealkylation sites (N-methyl/N-ethyl adjacent to an activating group) is 1. The lowest BCUT2D eigenvalue weighted by Gasteiger charge is -2.29. The van der Waals surface area contributed by atoms with E-state index >= 15 is 0 Å². The van der Waals surface area contributed by atoms with Crippen LogP contribution in [0.2, 0.25) is 0 Å². The van der Waals surface area contributed by atoms with E-state index in [0.717, 1.165) is 12.8 Å². The highest BCUT2D eigenvalue weighted by Crippen LogP contribution is 2.33. The molecule has 108 valence electrons. The van der Waals surface area contributed by atoms with Crippen molar-refractivity contribution in [2.24, 2.45) is 11.8 Å². The minimum Gasteiger partial charge on any atom is -0.481 e. The molecule has 4 atom stereocenters. The molecule has 0 bridgehead atoms. The number of amides is 2. The summed E-state index contributed by atoms with van der Waals surface area (Å²) >= 11 is 0. The number of aliphatic carboxylic acids is 1. The predicted molar refractivity (Wildman–Crippen MR) is 68.8 cm³/mol. The Hall–Kier alpha value is -1.30. The van der Waals surface area contributed by atoms with Crippen molar-refractivity contribution in [1.29, 1.82) is 0 Å². The second-order valence-electron chi connectivity index (χ2n) is 5.30. The number of carbonyl (C=O) groups excluding carboxylic acids is 1. The van der Waals surface area contributed by atoms with Gasteiger partial charge >= 0.3 is 12.0 Å². The molecule has 1 saturated carbocycles. The lowest BCUT2D eigenvalue weighted by molar-refractivity contribution is -0.142. The Morgan fingerprint density at radius 3 is 2.63 bits per heavy atom. The summed E-state index contributed by atoms with van der Waals surface area (Å²) in [6, 6.07) is -0.260. The molecule has 0 aromatic rings. The first kappa shape index (κ1) is 14.1. The maximum absolute atomic E-state index is 12.2. The number of hydrogen-bond donors (Lipinski definition) is 2. The maximum atomic E-state index is 12.2. The van der Waals surface area contributed by atoms with Gasteiger partial charge in [-0.1, -0.05) is 13.3 Å². The van der Waals surface area contributed by atoms with Crippen molar-refractivity contribution in [2.45, 2.75) is 38.8 Å². The zero-order chi connectivity index (χ0) is 14.0. The van der Waals surface area contributed by atoms with Gasteiger partial charge in [0.25, 0.3) is 0 Å². The van der Waals surface area contributed by atoms with Gasteiger partial charge in [-0.15, -0.1) is 0 Å². The quantitative estimate of drug-likeness (QED) is 0.778. The molecule has 2 N–H and O–H groups in total. The van der Waals surface area contributed by atoms with Gasteiger partial charge in [0.1, 0.15) is 5.92 Å². The third-order valence-electron chi connectivity index (χ3n) is 4.13. The smallest absolute Gasteiger partial charge is 0.317 e. The summed E-state index contributed by atoms with van der Waals surface area (Å²) < 4.78 is 5.22. The number of rotatable bonds is 5. The van der Waals surface area contributed by atoms with Crippen LogP contribution >= 0.6 is 0 Å². The van der Waals surface area contributed by atoms with E-state index in [2.05, 4.69) is 12.2 Å². The van der Waals surface area contributed by atoms with Crippen LogP contribution < -0.4 is 5.32 Å². The van der Waals surface area contributed by atoms with Crippen LogP contribution in [0.25, 0.3) is 0 Å². The number of carboxylic acid groups (broad SMARTS) is 1. The molecule has 1 aliphatic carbocycles. The zero-order valence-corrected chi connectivity index (χ0v) is 11.5. The molecule has 6 nitrogen and oxygen atoms in total. The van der Waals surface area contributed by atoms with Gasteiger partial charge < -0.3 is 20.1 Å². The number of nitrogens with one attached hydrogen (secondary N) is 1. The lowest BCUT2D eigenvalue weighted by Crippen LogP contribution is -2.51. The number of hydrogen-bond acceptors (Lipinski definition) is 3. The van der Waals surface area contributed by atoms with E-state index in [-0.39, 0.29) is 24.7 Å². The average molecular weight is 270 g/mol.